The van der Waals surface area contributed by atoms with E-state index in [-0.39, 0.29) is 5.56 Å². The Labute approximate surface area is 111 Å². The van der Waals surface area contributed by atoms with Gasteiger partial charge >= 0.3 is 5.69 Å². The van der Waals surface area contributed by atoms with Crippen LogP contribution in [-0.4, -0.2) is 32.2 Å². The maximum Gasteiger partial charge on any atom is 0.328 e. The van der Waals surface area contributed by atoms with Gasteiger partial charge in [-0.3, -0.25) is 24.5 Å². The zero-order chi connectivity index (χ0) is 14.5. The van der Waals surface area contributed by atoms with E-state index in [1.54, 1.807) is 0 Å². The molecule has 9 heteroatoms. The van der Waals surface area contributed by atoms with Crippen molar-refractivity contribution >= 4 is 12.1 Å². The Kier molecular flexibility index (Phi) is 3.70. The number of amides is 1. The summed E-state index contributed by atoms with van der Waals surface area (Å²) >= 11 is 0. The molecule has 0 radical (unpaired) electrons. The molecule has 20 heavy (non-hydrogen) atoms. The SMILES string of the molecule is O=C(N/N=C/c1c(O)[nH]c(=O)[nH]c1=O)c1ccncc1. The number of hydrogen-bond donors (Lipinski definition) is 4. The number of nitrogens with zero attached hydrogens (tertiary/aromatic N) is 2. The average molecular weight is 275 g/mol. The third kappa shape index (κ3) is 2.96. The molecule has 0 aliphatic rings. The summed E-state index contributed by atoms with van der Waals surface area (Å²) in [5.41, 5.74) is 0.548. The summed E-state index contributed by atoms with van der Waals surface area (Å²) in [5.74, 6) is -1.15. The van der Waals surface area contributed by atoms with Crippen molar-refractivity contribution in [1.82, 2.24) is 20.4 Å². The number of carbonyl (C=O) groups is 1. The van der Waals surface area contributed by atoms with E-state index in [0.717, 1.165) is 6.21 Å². The zero-order valence-electron chi connectivity index (χ0n) is 9.95. The summed E-state index contributed by atoms with van der Waals surface area (Å²) in [6, 6.07) is 2.96. The second-order valence-electron chi connectivity index (χ2n) is 3.61. The second kappa shape index (κ2) is 5.61. The molecule has 0 unspecified atom stereocenters. The lowest BCUT2D eigenvalue weighted by Gasteiger charge is -1.99. The molecule has 0 bridgehead atoms. The molecule has 9 nitrogen and oxygen atoms in total. The van der Waals surface area contributed by atoms with Crippen LogP contribution < -0.4 is 16.7 Å². The molecule has 2 heterocycles. The number of aromatic nitrogens is 3. The van der Waals surface area contributed by atoms with E-state index >= 15 is 0 Å². The van der Waals surface area contributed by atoms with Gasteiger partial charge in [-0.05, 0) is 12.1 Å². The predicted molar refractivity (Wildman–Crippen MR) is 68.6 cm³/mol. The first-order valence-corrected chi connectivity index (χ1v) is 5.37. The predicted octanol–water partition coefficient (Wildman–Crippen LogP) is -1.07. The molecule has 2 aromatic heterocycles. The first-order chi connectivity index (χ1) is 9.58. The first-order valence-electron chi connectivity index (χ1n) is 5.37. The number of pyridine rings is 1. The van der Waals surface area contributed by atoms with E-state index in [1.165, 1.54) is 24.5 Å². The van der Waals surface area contributed by atoms with Gasteiger partial charge in [0.15, 0.2) is 0 Å². The molecule has 2 aromatic rings. The van der Waals surface area contributed by atoms with Gasteiger partial charge in [0.25, 0.3) is 11.5 Å². The van der Waals surface area contributed by atoms with Crippen LogP contribution in [0.25, 0.3) is 0 Å². The van der Waals surface area contributed by atoms with Crippen LogP contribution in [0.15, 0.2) is 39.2 Å². The molecule has 1 amide bonds. The minimum atomic E-state index is -0.842. The Morgan fingerprint density at radius 1 is 1.30 bits per heavy atom. The van der Waals surface area contributed by atoms with Crippen LogP contribution >= 0.6 is 0 Å². The molecule has 0 fully saturated rings. The summed E-state index contributed by atoms with van der Waals surface area (Å²) in [4.78, 5) is 41.4. The highest BCUT2D eigenvalue weighted by Gasteiger charge is 2.06. The number of H-pyrrole nitrogens is 2. The molecule has 102 valence electrons. The normalized spacial score (nSPS) is 10.6. The summed E-state index contributed by atoms with van der Waals surface area (Å²) in [7, 11) is 0. The van der Waals surface area contributed by atoms with Gasteiger partial charge in [-0.2, -0.15) is 5.10 Å². The van der Waals surface area contributed by atoms with Gasteiger partial charge in [-0.1, -0.05) is 0 Å². The summed E-state index contributed by atoms with van der Waals surface area (Å²) in [5, 5.41) is 12.9. The molecule has 0 aliphatic heterocycles. The maximum atomic E-state index is 11.6. The van der Waals surface area contributed by atoms with Crippen molar-refractivity contribution in [3.05, 3.63) is 56.5 Å². The van der Waals surface area contributed by atoms with Crippen LogP contribution in [0.4, 0.5) is 0 Å². The fraction of sp³-hybridized carbons (Fsp3) is 0. The summed E-state index contributed by atoms with van der Waals surface area (Å²) < 4.78 is 0. The number of hydrogen-bond acceptors (Lipinski definition) is 6. The topological polar surface area (TPSA) is 140 Å². The first kappa shape index (κ1) is 13.2. The minimum Gasteiger partial charge on any atom is -0.494 e. The van der Waals surface area contributed by atoms with Crippen molar-refractivity contribution in [2.75, 3.05) is 0 Å². The lowest BCUT2D eigenvalue weighted by atomic mass is 10.3. The second-order valence-corrected chi connectivity index (χ2v) is 3.61. The standard InChI is InChI=1S/C11H9N5O4/c17-8(6-1-3-12-4-2-6)16-13-5-7-9(18)14-11(20)15-10(7)19/h1-5H,(H,16,17)(H3,14,15,18,19,20)/b13-5+. The van der Waals surface area contributed by atoms with Gasteiger partial charge in [0, 0.05) is 18.0 Å². The third-order valence-corrected chi connectivity index (χ3v) is 2.26. The Hall–Kier alpha value is -3.23. The van der Waals surface area contributed by atoms with Gasteiger partial charge in [0.05, 0.1) is 6.21 Å². The highest BCUT2D eigenvalue weighted by atomic mass is 16.3. The molecular weight excluding hydrogens is 266 g/mol. The van der Waals surface area contributed by atoms with Crippen LogP contribution in [0.1, 0.15) is 15.9 Å². The molecule has 0 aliphatic carbocycles. The molecule has 0 spiro atoms. The highest BCUT2D eigenvalue weighted by molar-refractivity contribution is 5.94. The molecular formula is C11H9N5O4. The Balaban J connectivity index is 2.14. The van der Waals surface area contributed by atoms with Crippen LogP contribution in [0.5, 0.6) is 5.88 Å². The lowest BCUT2D eigenvalue weighted by Crippen LogP contribution is -2.25. The zero-order valence-corrected chi connectivity index (χ0v) is 9.95. The van der Waals surface area contributed by atoms with Crippen LogP contribution in [0.3, 0.4) is 0 Å². The number of hydrazone groups is 1. The van der Waals surface area contributed by atoms with Gasteiger partial charge in [0.1, 0.15) is 5.56 Å². The average Bonchev–Trinajstić information content (AvgIpc) is 2.42. The Morgan fingerprint density at radius 3 is 2.65 bits per heavy atom. The lowest BCUT2D eigenvalue weighted by molar-refractivity contribution is 0.0955. The van der Waals surface area contributed by atoms with Gasteiger partial charge in [-0.25, -0.2) is 10.2 Å². The maximum absolute atomic E-state index is 11.6. The van der Waals surface area contributed by atoms with Crippen molar-refractivity contribution < 1.29 is 9.90 Å². The fourth-order valence-electron chi connectivity index (χ4n) is 1.33. The van der Waals surface area contributed by atoms with Crippen LogP contribution in [0, 0.1) is 0 Å². The molecule has 2 rings (SSSR count). The monoisotopic (exact) mass is 275 g/mol. The van der Waals surface area contributed by atoms with Crippen molar-refractivity contribution in [3.63, 3.8) is 0 Å². The number of aromatic hydroxyl groups is 1. The number of nitrogens with one attached hydrogen (secondary N) is 3. The van der Waals surface area contributed by atoms with Crippen molar-refractivity contribution in [2.24, 2.45) is 5.10 Å². The molecule has 4 N–H and O–H groups in total. The Morgan fingerprint density at radius 2 is 2.00 bits per heavy atom. The highest BCUT2D eigenvalue weighted by Crippen LogP contribution is 2.00. The molecule has 0 saturated carbocycles. The fourth-order valence-corrected chi connectivity index (χ4v) is 1.33. The Bertz CT molecular complexity index is 762. The number of carbonyl (C=O) groups excluding carboxylic acids is 1. The van der Waals surface area contributed by atoms with Crippen molar-refractivity contribution in [1.29, 1.82) is 0 Å². The third-order valence-electron chi connectivity index (χ3n) is 2.26. The molecule has 0 aromatic carbocycles. The van der Waals surface area contributed by atoms with E-state index in [4.69, 9.17) is 0 Å². The van der Waals surface area contributed by atoms with E-state index in [2.05, 4.69) is 15.5 Å². The summed E-state index contributed by atoms with van der Waals surface area (Å²) in [6.07, 6.45) is 3.80. The van der Waals surface area contributed by atoms with E-state index in [0.29, 0.717) is 5.56 Å². The molecule has 0 saturated heterocycles. The largest absolute Gasteiger partial charge is 0.494 e. The van der Waals surface area contributed by atoms with Crippen LogP contribution in [0.2, 0.25) is 0 Å². The van der Waals surface area contributed by atoms with E-state index in [1.807, 2.05) is 9.97 Å². The van der Waals surface area contributed by atoms with Crippen molar-refractivity contribution in [3.8, 4) is 5.88 Å². The van der Waals surface area contributed by atoms with Gasteiger partial charge < -0.3 is 5.11 Å². The van der Waals surface area contributed by atoms with Crippen LogP contribution in [-0.2, 0) is 0 Å². The van der Waals surface area contributed by atoms with Gasteiger partial charge in [-0.15, -0.1) is 0 Å². The van der Waals surface area contributed by atoms with Gasteiger partial charge in [0.2, 0.25) is 5.88 Å². The van der Waals surface area contributed by atoms with E-state index in [9.17, 15) is 19.5 Å². The number of rotatable bonds is 3. The van der Waals surface area contributed by atoms with Crippen molar-refractivity contribution in [2.45, 2.75) is 0 Å². The number of aromatic amines is 2. The molecule has 0 atom stereocenters. The summed E-state index contributed by atoms with van der Waals surface area (Å²) in [6.45, 7) is 0. The van der Waals surface area contributed by atoms with E-state index < -0.39 is 23.0 Å². The minimum absolute atomic E-state index is 0.278. The quantitative estimate of drug-likeness (QED) is 0.417. The smallest absolute Gasteiger partial charge is 0.328 e.